The Morgan fingerprint density at radius 1 is 1.35 bits per heavy atom. The number of nitrogens with one attached hydrogen (secondary N) is 2. The van der Waals surface area contributed by atoms with Crippen LogP contribution in [0, 0.1) is 0 Å². The van der Waals surface area contributed by atoms with Crippen molar-refractivity contribution in [3.05, 3.63) is 36.7 Å². The standard InChI is InChI=1S/C10H11N3O2S2/c1-16-10-5-3-2-4-9(10)13-17(14,15)8-6-11-12-7-8/h2-7,13H,1H3,(H,11,12). The summed E-state index contributed by atoms with van der Waals surface area (Å²) in [6.45, 7) is 0. The summed E-state index contributed by atoms with van der Waals surface area (Å²) in [5.74, 6) is 0. The largest absolute Gasteiger partial charge is 0.284 e. The molecule has 0 saturated heterocycles. The van der Waals surface area contributed by atoms with Crippen molar-refractivity contribution in [1.82, 2.24) is 10.2 Å². The summed E-state index contributed by atoms with van der Waals surface area (Å²) >= 11 is 1.48. The lowest BCUT2D eigenvalue weighted by molar-refractivity contribution is 0.601. The zero-order valence-corrected chi connectivity index (χ0v) is 10.7. The number of hydrogen-bond donors (Lipinski definition) is 2. The zero-order chi connectivity index (χ0) is 12.3. The molecule has 2 aromatic rings. The van der Waals surface area contributed by atoms with Crippen LogP contribution in [0.1, 0.15) is 0 Å². The van der Waals surface area contributed by atoms with Crippen molar-refractivity contribution in [2.45, 2.75) is 9.79 Å². The van der Waals surface area contributed by atoms with Crippen molar-refractivity contribution in [2.24, 2.45) is 0 Å². The third-order valence-corrected chi connectivity index (χ3v) is 4.26. The van der Waals surface area contributed by atoms with Gasteiger partial charge < -0.3 is 0 Å². The van der Waals surface area contributed by atoms with Gasteiger partial charge in [0.15, 0.2) is 0 Å². The number of nitrogens with zero attached hydrogens (tertiary/aromatic N) is 1. The predicted octanol–water partition coefficient (Wildman–Crippen LogP) is 1.93. The number of sulfonamides is 1. The molecule has 1 aromatic heterocycles. The molecular formula is C10H11N3O2S2. The molecule has 0 radical (unpaired) electrons. The van der Waals surface area contributed by atoms with E-state index in [1.165, 1.54) is 24.2 Å². The molecule has 0 aliphatic carbocycles. The van der Waals surface area contributed by atoms with Crippen molar-refractivity contribution in [3.63, 3.8) is 0 Å². The molecule has 0 spiro atoms. The Morgan fingerprint density at radius 2 is 2.12 bits per heavy atom. The fourth-order valence-electron chi connectivity index (χ4n) is 1.32. The summed E-state index contributed by atoms with van der Waals surface area (Å²) in [6.07, 6.45) is 4.50. The van der Waals surface area contributed by atoms with Gasteiger partial charge in [-0.15, -0.1) is 11.8 Å². The smallest absolute Gasteiger partial charge is 0.265 e. The first-order chi connectivity index (χ1) is 8.13. The van der Waals surface area contributed by atoms with E-state index in [4.69, 9.17) is 0 Å². The fourth-order valence-corrected chi connectivity index (χ4v) is 2.92. The molecule has 1 aromatic carbocycles. The number of H-pyrrole nitrogens is 1. The van der Waals surface area contributed by atoms with Crippen LogP contribution in [-0.4, -0.2) is 24.9 Å². The van der Waals surface area contributed by atoms with Gasteiger partial charge in [0.2, 0.25) is 0 Å². The zero-order valence-electron chi connectivity index (χ0n) is 9.04. The first-order valence-corrected chi connectivity index (χ1v) is 7.49. The topological polar surface area (TPSA) is 74.8 Å². The summed E-state index contributed by atoms with van der Waals surface area (Å²) in [7, 11) is -3.56. The third-order valence-electron chi connectivity index (χ3n) is 2.13. The highest BCUT2D eigenvalue weighted by Gasteiger charge is 2.16. The molecule has 2 N–H and O–H groups in total. The highest BCUT2D eigenvalue weighted by Crippen LogP contribution is 2.26. The average Bonchev–Trinajstić information content (AvgIpc) is 2.83. The third kappa shape index (κ3) is 2.62. The Labute approximate surface area is 104 Å². The molecule has 0 aliphatic rings. The van der Waals surface area contributed by atoms with Gasteiger partial charge in [-0.3, -0.25) is 9.82 Å². The molecule has 0 bridgehead atoms. The van der Waals surface area contributed by atoms with E-state index in [1.807, 2.05) is 18.4 Å². The van der Waals surface area contributed by atoms with Crippen LogP contribution in [0.4, 0.5) is 5.69 Å². The van der Waals surface area contributed by atoms with E-state index in [2.05, 4.69) is 14.9 Å². The van der Waals surface area contributed by atoms with Gasteiger partial charge in [-0.25, -0.2) is 8.42 Å². The second-order valence-electron chi connectivity index (χ2n) is 3.24. The summed E-state index contributed by atoms with van der Waals surface area (Å²) < 4.78 is 26.4. The highest BCUT2D eigenvalue weighted by atomic mass is 32.2. The molecule has 0 aliphatic heterocycles. The molecule has 0 fully saturated rings. The number of thioether (sulfide) groups is 1. The summed E-state index contributed by atoms with van der Waals surface area (Å²) in [5, 5.41) is 6.10. The van der Waals surface area contributed by atoms with E-state index in [-0.39, 0.29) is 4.90 Å². The average molecular weight is 269 g/mol. The first-order valence-electron chi connectivity index (χ1n) is 4.78. The van der Waals surface area contributed by atoms with Crippen LogP contribution in [0.15, 0.2) is 46.5 Å². The Morgan fingerprint density at radius 3 is 2.76 bits per heavy atom. The van der Waals surface area contributed by atoms with Crippen LogP contribution >= 0.6 is 11.8 Å². The molecule has 17 heavy (non-hydrogen) atoms. The van der Waals surface area contributed by atoms with Crippen molar-refractivity contribution in [1.29, 1.82) is 0 Å². The van der Waals surface area contributed by atoms with Gasteiger partial charge in [0.1, 0.15) is 4.90 Å². The number of aromatic amines is 1. The van der Waals surface area contributed by atoms with Gasteiger partial charge in [0, 0.05) is 11.1 Å². The number of para-hydroxylation sites is 1. The normalized spacial score (nSPS) is 11.4. The monoisotopic (exact) mass is 269 g/mol. The summed E-state index contributed by atoms with van der Waals surface area (Å²) in [5.41, 5.74) is 0.571. The predicted molar refractivity (Wildman–Crippen MR) is 67.6 cm³/mol. The molecule has 1 heterocycles. The lowest BCUT2D eigenvalue weighted by Gasteiger charge is -2.09. The minimum absolute atomic E-state index is 0.119. The van der Waals surface area contributed by atoms with E-state index in [1.54, 1.807) is 12.1 Å². The van der Waals surface area contributed by atoms with Gasteiger partial charge in [0.25, 0.3) is 10.0 Å². The number of benzene rings is 1. The lowest BCUT2D eigenvalue weighted by atomic mass is 10.3. The van der Waals surface area contributed by atoms with E-state index in [0.717, 1.165) is 4.90 Å². The van der Waals surface area contributed by atoms with E-state index in [0.29, 0.717) is 5.69 Å². The molecule has 5 nitrogen and oxygen atoms in total. The van der Waals surface area contributed by atoms with Gasteiger partial charge in [0.05, 0.1) is 11.9 Å². The second kappa shape index (κ2) is 4.80. The molecular weight excluding hydrogens is 258 g/mol. The van der Waals surface area contributed by atoms with Crippen molar-refractivity contribution in [2.75, 3.05) is 11.0 Å². The van der Waals surface area contributed by atoms with Crippen LogP contribution in [0.25, 0.3) is 0 Å². The lowest BCUT2D eigenvalue weighted by Crippen LogP contribution is -2.12. The number of aromatic nitrogens is 2. The SMILES string of the molecule is CSc1ccccc1NS(=O)(=O)c1cn[nH]c1. The van der Waals surface area contributed by atoms with Crippen molar-refractivity contribution >= 4 is 27.5 Å². The van der Waals surface area contributed by atoms with Crippen LogP contribution in [0.3, 0.4) is 0 Å². The Bertz CT molecular complexity index is 594. The second-order valence-corrected chi connectivity index (χ2v) is 5.77. The minimum atomic E-state index is -3.56. The maximum atomic E-state index is 12.0. The van der Waals surface area contributed by atoms with Crippen molar-refractivity contribution < 1.29 is 8.42 Å². The molecule has 0 saturated carbocycles. The van der Waals surface area contributed by atoms with E-state index < -0.39 is 10.0 Å². The van der Waals surface area contributed by atoms with Crippen molar-refractivity contribution in [3.8, 4) is 0 Å². The molecule has 0 unspecified atom stereocenters. The maximum absolute atomic E-state index is 12.0. The van der Waals surface area contributed by atoms with Crippen LogP contribution in [-0.2, 0) is 10.0 Å². The molecule has 0 atom stereocenters. The summed E-state index contributed by atoms with van der Waals surface area (Å²) in [4.78, 5) is 0.993. The maximum Gasteiger partial charge on any atom is 0.265 e. The van der Waals surface area contributed by atoms with Gasteiger partial charge in [-0.1, -0.05) is 12.1 Å². The van der Waals surface area contributed by atoms with E-state index >= 15 is 0 Å². The number of anilines is 1. The summed E-state index contributed by atoms with van der Waals surface area (Å²) in [6, 6.07) is 7.23. The molecule has 2 rings (SSSR count). The quantitative estimate of drug-likeness (QED) is 0.832. The Hall–Kier alpha value is -1.47. The Balaban J connectivity index is 2.33. The van der Waals surface area contributed by atoms with Gasteiger partial charge >= 0.3 is 0 Å². The van der Waals surface area contributed by atoms with Crippen LogP contribution < -0.4 is 4.72 Å². The minimum Gasteiger partial charge on any atom is -0.284 e. The Kier molecular flexibility index (Phi) is 3.39. The van der Waals surface area contributed by atoms with Crippen LogP contribution in [0.5, 0.6) is 0 Å². The van der Waals surface area contributed by atoms with E-state index in [9.17, 15) is 8.42 Å². The number of hydrogen-bond acceptors (Lipinski definition) is 4. The molecule has 7 heteroatoms. The molecule has 0 amide bonds. The number of rotatable bonds is 4. The molecule has 90 valence electrons. The first kappa shape index (κ1) is 12.0. The van der Waals surface area contributed by atoms with Gasteiger partial charge in [-0.05, 0) is 18.4 Å². The van der Waals surface area contributed by atoms with Crippen LogP contribution in [0.2, 0.25) is 0 Å². The highest BCUT2D eigenvalue weighted by molar-refractivity contribution is 7.99. The fraction of sp³-hybridized carbons (Fsp3) is 0.100. The van der Waals surface area contributed by atoms with Gasteiger partial charge in [-0.2, -0.15) is 5.10 Å².